The molecule has 1 N–H and O–H groups in total. The molecule has 29 heavy (non-hydrogen) atoms. The number of hydrogen-bond donors (Lipinski definition) is 1. The zero-order chi connectivity index (χ0) is 20.2. The number of aromatic nitrogens is 2. The van der Waals surface area contributed by atoms with Gasteiger partial charge >= 0.3 is 0 Å². The van der Waals surface area contributed by atoms with E-state index in [-0.39, 0.29) is 5.92 Å². The average molecular weight is 381 g/mol. The van der Waals surface area contributed by atoms with Gasteiger partial charge in [0.05, 0.1) is 29.9 Å². The summed E-state index contributed by atoms with van der Waals surface area (Å²) in [7, 11) is 0. The fraction of sp³-hybridized carbons (Fsp3) is 0.0909. The lowest BCUT2D eigenvalue weighted by Gasteiger charge is -2.08. The second-order valence-corrected chi connectivity index (χ2v) is 6.33. The first-order valence-electron chi connectivity index (χ1n) is 8.85. The fourth-order valence-corrected chi connectivity index (χ4v) is 2.83. The molecular formula is C22H15N5O2. The van der Waals surface area contributed by atoms with Crippen LogP contribution in [-0.2, 0) is 0 Å². The van der Waals surface area contributed by atoms with Crippen LogP contribution in [0.4, 0.5) is 11.6 Å². The van der Waals surface area contributed by atoms with Crippen LogP contribution in [0.1, 0.15) is 24.0 Å². The Morgan fingerprint density at radius 3 is 2.69 bits per heavy atom. The van der Waals surface area contributed by atoms with E-state index >= 15 is 0 Å². The number of nitriles is 2. The number of fused-ring (bicyclic) bond motifs is 1. The van der Waals surface area contributed by atoms with Crippen molar-refractivity contribution in [3.05, 3.63) is 72.1 Å². The van der Waals surface area contributed by atoms with Crippen LogP contribution in [0.3, 0.4) is 0 Å². The Bertz CT molecular complexity index is 1250. The molecule has 0 aliphatic heterocycles. The number of ether oxygens (including phenoxy) is 1. The summed E-state index contributed by atoms with van der Waals surface area (Å²) in [4.78, 5) is 8.53. The lowest BCUT2D eigenvalue weighted by molar-refractivity contribution is 0.462. The Morgan fingerprint density at radius 1 is 1.10 bits per heavy atom. The van der Waals surface area contributed by atoms with E-state index in [2.05, 4.69) is 27.4 Å². The van der Waals surface area contributed by atoms with Gasteiger partial charge in [-0.3, -0.25) is 0 Å². The zero-order valence-electron chi connectivity index (χ0n) is 15.5. The molecule has 0 spiro atoms. The molecule has 1 unspecified atom stereocenters. The Kier molecular flexibility index (Phi) is 4.79. The third-order valence-electron chi connectivity index (χ3n) is 4.36. The Balaban J connectivity index is 1.53. The summed E-state index contributed by atoms with van der Waals surface area (Å²) in [5, 5.41) is 22.0. The lowest BCUT2D eigenvalue weighted by atomic mass is 10.0. The zero-order valence-corrected chi connectivity index (χ0v) is 15.5. The largest absolute Gasteiger partial charge is 0.464 e. The molecule has 0 amide bonds. The predicted octanol–water partition coefficient (Wildman–Crippen LogP) is 5.26. The summed E-state index contributed by atoms with van der Waals surface area (Å²) in [6.07, 6.45) is 3.19. The average Bonchev–Trinajstić information content (AvgIpc) is 3.17. The van der Waals surface area contributed by atoms with E-state index in [1.165, 1.54) is 0 Å². The normalized spacial score (nSPS) is 11.4. The Labute approximate surface area is 166 Å². The minimum absolute atomic E-state index is 0.249. The van der Waals surface area contributed by atoms with Crippen molar-refractivity contribution < 1.29 is 9.15 Å². The molecule has 0 aliphatic carbocycles. The molecule has 7 heteroatoms. The molecule has 2 heterocycles. The van der Waals surface area contributed by atoms with Crippen LogP contribution in [0.5, 0.6) is 11.6 Å². The number of nitrogens with zero attached hydrogens (tertiary/aromatic N) is 4. The lowest BCUT2D eigenvalue weighted by Crippen LogP contribution is -1.98. The Morgan fingerprint density at radius 2 is 1.93 bits per heavy atom. The standard InChI is InChI=1S/C22H15N5O2/c1-14(11-23)19-13-28-20-10-17(6-7-18(19)20)29-21-8-9-25-22(27-21)26-16-4-2-15(12-24)3-5-16/h2-10,13-14H,1H3,(H,25,26,27). The molecule has 0 aliphatic rings. The molecule has 0 fully saturated rings. The van der Waals surface area contributed by atoms with E-state index in [1.807, 2.05) is 13.0 Å². The van der Waals surface area contributed by atoms with Crippen LogP contribution in [-0.4, -0.2) is 9.97 Å². The number of anilines is 2. The molecule has 0 saturated carbocycles. The van der Waals surface area contributed by atoms with Gasteiger partial charge in [-0.15, -0.1) is 0 Å². The summed E-state index contributed by atoms with van der Waals surface area (Å²) in [5.41, 5.74) is 2.83. The second-order valence-electron chi connectivity index (χ2n) is 6.33. The van der Waals surface area contributed by atoms with Crippen molar-refractivity contribution in [1.82, 2.24) is 9.97 Å². The highest BCUT2D eigenvalue weighted by Gasteiger charge is 2.13. The van der Waals surface area contributed by atoms with E-state index in [1.54, 1.807) is 54.9 Å². The highest BCUT2D eigenvalue weighted by atomic mass is 16.5. The summed E-state index contributed by atoms with van der Waals surface area (Å²) in [5.74, 6) is 1.05. The van der Waals surface area contributed by atoms with E-state index in [4.69, 9.17) is 19.7 Å². The maximum atomic E-state index is 9.12. The smallest absolute Gasteiger partial charge is 0.230 e. The maximum absolute atomic E-state index is 9.12. The molecule has 2 aromatic heterocycles. The maximum Gasteiger partial charge on any atom is 0.230 e. The van der Waals surface area contributed by atoms with Gasteiger partial charge in [0.25, 0.3) is 0 Å². The van der Waals surface area contributed by atoms with Crippen molar-refractivity contribution in [3.8, 4) is 23.8 Å². The van der Waals surface area contributed by atoms with Gasteiger partial charge < -0.3 is 14.5 Å². The van der Waals surface area contributed by atoms with Crippen LogP contribution in [0.2, 0.25) is 0 Å². The number of rotatable bonds is 5. The van der Waals surface area contributed by atoms with Crippen molar-refractivity contribution in [2.75, 3.05) is 5.32 Å². The summed E-state index contributed by atoms with van der Waals surface area (Å²) < 4.78 is 11.4. The van der Waals surface area contributed by atoms with Crippen LogP contribution in [0.15, 0.2) is 65.4 Å². The molecule has 4 rings (SSSR count). The first kappa shape index (κ1) is 18.0. The van der Waals surface area contributed by atoms with Crippen molar-refractivity contribution >= 4 is 22.6 Å². The van der Waals surface area contributed by atoms with Crippen molar-refractivity contribution in [1.29, 1.82) is 10.5 Å². The summed E-state index contributed by atoms with van der Waals surface area (Å²) in [6, 6.07) is 18.4. The molecule has 2 aromatic carbocycles. The van der Waals surface area contributed by atoms with Gasteiger partial charge in [-0.25, -0.2) is 4.98 Å². The third kappa shape index (κ3) is 3.85. The number of benzene rings is 2. The van der Waals surface area contributed by atoms with Crippen LogP contribution >= 0.6 is 0 Å². The molecule has 1 atom stereocenters. The molecule has 0 bridgehead atoms. The molecular weight excluding hydrogens is 366 g/mol. The monoisotopic (exact) mass is 381 g/mol. The van der Waals surface area contributed by atoms with Gasteiger partial charge in [-0.2, -0.15) is 15.5 Å². The van der Waals surface area contributed by atoms with Gasteiger partial charge in [0, 0.05) is 35.0 Å². The van der Waals surface area contributed by atoms with E-state index in [0.29, 0.717) is 28.7 Å². The quantitative estimate of drug-likeness (QED) is 0.502. The first-order valence-corrected chi connectivity index (χ1v) is 8.85. The minimum Gasteiger partial charge on any atom is -0.464 e. The molecule has 4 aromatic rings. The highest BCUT2D eigenvalue weighted by molar-refractivity contribution is 5.83. The highest BCUT2D eigenvalue weighted by Crippen LogP contribution is 2.31. The predicted molar refractivity (Wildman–Crippen MR) is 107 cm³/mol. The van der Waals surface area contributed by atoms with Crippen molar-refractivity contribution in [2.45, 2.75) is 12.8 Å². The molecule has 0 saturated heterocycles. The number of furan rings is 1. The van der Waals surface area contributed by atoms with Gasteiger partial charge in [-0.1, -0.05) is 0 Å². The topological polar surface area (TPSA) is 108 Å². The van der Waals surface area contributed by atoms with Gasteiger partial charge in [-0.05, 0) is 43.3 Å². The Hall–Kier alpha value is -4.36. The number of nitrogens with one attached hydrogen (secondary N) is 1. The van der Waals surface area contributed by atoms with Crippen molar-refractivity contribution in [3.63, 3.8) is 0 Å². The van der Waals surface area contributed by atoms with E-state index < -0.39 is 0 Å². The molecule has 140 valence electrons. The summed E-state index contributed by atoms with van der Waals surface area (Å²) >= 11 is 0. The van der Waals surface area contributed by atoms with Gasteiger partial charge in [0.2, 0.25) is 11.8 Å². The first-order chi connectivity index (χ1) is 14.2. The van der Waals surface area contributed by atoms with Crippen LogP contribution in [0.25, 0.3) is 11.0 Å². The minimum atomic E-state index is -0.249. The van der Waals surface area contributed by atoms with Crippen LogP contribution in [0, 0.1) is 22.7 Å². The van der Waals surface area contributed by atoms with Gasteiger partial charge in [0.1, 0.15) is 11.3 Å². The SMILES string of the molecule is CC(C#N)c1coc2cc(Oc3ccnc(Nc4ccc(C#N)cc4)n3)ccc12. The van der Waals surface area contributed by atoms with E-state index in [0.717, 1.165) is 16.6 Å². The summed E-state index contributed by atoms with van der Waals surface area (Å²) in [6.45, 7) is 1.83. The van der Waals surface area contributed by atoms with Gasteiger partial charge in [0.15, 0.2) is 0 Å². The fourth-order valence-electron chi connectivity index (χ4n) is 2.83. The molecule has 7 nitrogen and oxygen atoms in total. The van der Waals surface area contributed by atoms with E-state index in [9.17, 15) is 0 Å². The second kappa shape index (κ2) is 7.71. The van der Waals surface area contributed by atoms with Crippen LogP contribution < -0.4 is 10.1 Å². The third-order valence-corrected chi connectivity index (χ3v) is 4.36. The van der Waals surface area contributed by atoms with Crippen molar-refractivity contribution in [2.24, 2.45) is 0 Å². The number of hydrogen-bond acceptors (Lipinski definition) is 7. The molecule has 0 radical (unpaired) electrons.